The lowest BCUT2D eigenvalue weighted by Crippen LogP contribution is -2.74. The Morgan fingerprint density at radius 3 is 2.29 bits per heavy atom. The van der Waals surface area contributed by atoms with Crippen LogP contribution in [0.25, 0.3) is 10.4 Å². The molecule has 4 atom stereocenters. The molecule has 1 aliphatic carbocycles. The Morgan fingerprint density at radius 1 is 0.944 bits per heavy atom. The lowest BCUT2D eigenvalue weighted by Gasteiger charge is -2.63. The van der Waals surface area contributed by atoms with Crippen molar-refractivity contribution in [3.8, 4) is 22.3 Å². The van der Waals surface area contributed by atoms with Gasteiger partial charge in [-0.05, 0) is 66.9 Å². The molecule has 3 fully saturated rings. The van der Waals surface area contributed by atoms with Crippen molar-refractivity contribution in [2.45, 2.75) is 105 Å². The molecule has 0 unspecified atom stereocenters. The molecular formula is C55H63ClN10O5S. The average Bonchev–Trinajstić information content (AvgIpc) is 4.07. The molecule has 1 saturated carbocycles. The minimum Gasteiger partial charge on any atom is -0.489 e. The highest BCUT2D eigenvalue weighted by Crippen LogP contribution is 2.55. The minimum absolute atomic E-state index is 0.0905. The summed E-state index contributed by atoms with van der Waals surface area (Å²) < 4.78 is 6.40. The summed E-state index contributed by atoms with van der Waals surface area (Å²) in [5.74, 6) is 1.55. The summed E-state index contributed by atoms with van der Waals surface area (Å²) in [6, 6.07) is 21.1. The molecule has 0 spiro atoms. The number of aliphatic hydroxyl groups is 1. The third-order valence-corrected chi connectivity index (χ3v) is 16.4. The van der Waals surface area contributed by atoms with Crippen molar-refractivity contribution in [3.63, 3.8) is 0 Å². The van der Waals surface area contributed by atoms with Crippen LogP contribution in [0.5, 0.6) is 5.75 Å². The van der Waals surface area contributed by atoms with Crippen molar-refractivity contribution < 1.29 is 24.2 Å². The van der Waals surface area contributed by atoms with Gasteiger partial charge in [0, 0.05) is 92.0 Å². The van der Waals surface area contributed by atoms with Gasteiger partial charge in [-0.2, -0.15) is 5.26 Å². The van der Waals surface area contributed by atoms with Gasteiger partial charge in [0.25, 0.3) is 5.91 Å². The summed E-state index contributed by atoms with van der Waals surface area (Å²) >= 11 is 7.87. The van der Waals surface area contributed by atoms with Crippen LogP contribution in [-0.2, 0) is 16.0 Å². The number of benzene rings is 2. The second-order valence-electron chi connectivity index (χ2n) is 21.5. The number of carbonyl (C=O) groups excluding carboxylic acids is 3. The predicted octanol–water partition coefficient (Wildman–Crippen LogP) is 7.64. The first kappa shape index (κ1) is 50.4. The van der Waals surface area contributed by atoms with Gasteiger partial charge in [-0.15, -0.1) is 11.3 Å². The second kappa shape index (κ2) is 19.8. The number of nitriles is 1. The van der Waals surface area contributed by atoms with Crippen molar-refractivity contribution in [2.75, 3.05) is 42.5 Å². The van der Waals surface area contributed by atoms with E-state index < -0.39 is 34.4 Å². The zero-order valence-corrected chi connectivity index (χ0v) is 43.6. The third-order valence-electron chi connectivity index (χ3n) is 15.1. The zero-order valence-electron chi connectivity index (χ0n) is 42.1. The first-order chi connectivity index (χ1) is 34.2. The van der Waals surface area contributed by atoms with Gasteiger partial charge in [-0.1, -0.05) is 83.5 Å². The highest BCUT2D eigenvalue weighted by molar-refractivity contribution is 7.13. The number of nitrogens with one attached hydrogen (secondary N) is 3. The standard InChI is InChI=1S/C55H63ClN10O5S/c1-32(35-9-11-36(12-10-35)46-33(2)60-31-72-46)61-49(69)43-25-40(67)30-66(43)50(70)47-53(3,4)27-39(62-47)23-34-17-18-58-45(24-34)65-21-19-64(20-22-65)44-16-14-38(29-59-44)48(68)63-51-54(5,6)52(55(51,7)8)71-41-15-13-37(28-57)42(56)26-41/h9-18,24,26-27,29,31-32,40,43,47,51-52,62,67H,19-23,25,30H2,1-8H3,(H,61,69)(H,63,68)/t32-,40+,43-,47+,51?,52?/m0/s1. The van der Waals surface area contributed by atoms with Crippen molar-refractivity contribution in [2.24, 2.45) is 16.2 Å². The Hall–Kier alpha value is -6.54. The molecule has 72 heavy (non-hydrogen) atoms. The van der Waals surface area contributed by atoms with Crippen molar-refractivity contribution in [1.29, 1.82) is 5.26 Å². The lowest BCUT2D eigenvalue weighted by molar-refractivity contribution is -0.164. The number of ether oxygens (including phenoxy) is 1. The third kappa shape index (κ3) is 9.99. The summed E-state index contributed by atoms with van der Waals surface area (Å²) in [6.45, 7) is 19.2. The summed E-state index contributed by atoms with van der Waals surface area (Å²) in [4.78, 5) is 62.7. The smallest absolute Gasteiger partial charge is 0.253 e. The topological polar surface area (TPSA) is 189 Å². The number of amides is 3. The highest BCUT2D eigenvalue weighted by Gasteiger charge is 2.64. The number of aryl methyl sites for hydroxylation is 1. The molecule has 3 amide bonds. The largest absolute Gasteiger partial charge is 0.489 e. The number of allylic oxidation sites excluding steroid dienone is 1. The van der Waals surface area contributed by atoms with Crippen LogP contribution in [0.1, 0.15) is 93.7 Å². The fraction of sp³-hybridized carbons (Fsp3) is 0.436. The molecule has 9 rings (SSSR count). The first-order valence-corrected chi connectivity index (χ1v) is 25.8. The predicted molar refractivity (Wildman–Crippen MR) is 280 cm³/mol. The number of pyridine rings is 2. The van der Waals surface area contributed by atoms with E-state index in [4.69, 9.17) is 26.3 Å². The maximum Gasteiger partial charge on any atom is 0.253 e. The van der Waals surface area contributed by atoms with Crippen LogP contribution in [0.4, 0.5) is 11.6 Å². The SMILES string of the molecule is Cc1ncsc1-c1ccc([C@H](C)NC(=O)[C@@H]2C[C@@H](O)CN2C(=O)[C@H]2NC(Cc3ccnc(N4CCN(c5ccc(C(=O)NC6C(C)(C)C(Oc7ccc(C#N)c(Cl)c7)C6(C)C)cn5)CC4)c3)=CC2(C)C)cc1. The van der Waals surface area contributed by atoms with Gasteiger partial charge in [0.05, 0.1) is 44.4 Å². The van der Waals surface area contributed by atoms with Gasteiger partial charge < -0.3 is 40.5 Å². The number of anilines is 2. The van der Waals surface area contributed by atoms with E-state index in [9.17, 15) is 24.8 Å². The van der Waals surface area contributed by atoms with Gasteiger partial charge in [-0.25, -0.2) is 15.0 Å². The van der Waals surface area contributed by atoms with Crippen LogP contribution in [-0.4, -0.2) is 106 Å². The molecule has 17 heteroatoms. The number of thiazole rings is 1. The van der Waals surface area contributed by atoms with E-state index in [-0.39, 0.29) is 48.9 Å². The van der Waals surface area contributed by atoms with E-state index in [1.165, 1.54) is 0 Å². The normalized spacial score (nSPS) is 23.3. The van der Waals surface area contributed by atoms with E-state index in [2.05, 4.69) is 76.6 Å². The molecule has 3 aromatic heterocycles. The molecule has 15 nitrogen and oxygen atoms in total. The molecule has 3 aliphatic heterocycles. The molecule has 4 N–H and O–H groups in total. The minimum atomic E-state index is -0.801. The number of rotatable bonds is 13. The monoisotopic (exact) mass is 1010 g/mol. The van der Waals surface area contributed by atoms with E-state index >= 15 is 0 Å². The van der Waals surface area contributed by atoms with Crippen LogP contribution >= 0.6 is 22.9 Å². The number of β-amino-alcohol motifs (C(OH)–C–C–N with tert-alkyl or cyclic N) is 1. The van der Waals surface area contributed by atoms with Gasteiger partial charge in [0.2, 0.25) is 11.8 Å². The van der Waals surface area contributed by atoms with Crippen molar-refractivity contribution in [3.05, 3.63) is 129 Å². The lowest BCUT2D eigenvalue weighted by atomic mass is 9.49. The van der Waals surface area contributed by atoms with Crippen molar-refractivity contribution >= 4 is 52.3 Å². The Balaban J connectivity index is 0.759. The van der Waals surface area contributed by atoms with E-state index in [0.29, 0.717) is 28.3 Å². The van der Waals surface area contributed by atoms with Crippen LogP contribution in [0.15, 0.2) is 96.4 Å². The quantitative estimate of drug-likeness (QED) is 0.0904. The fourth-order valence-corrected chi connectivity index (χ4v) is 12.5. The number of halogens is 1. The Morgan fingerprint density at radius 2 is 1.65 bits per heavy atom. The number of aromatic nitrogens is 3. The number of nitrogens with zero attached hydrogens (tertiary/aromatic N) is 7. The van der Waals surface area contributed by atoms with Crippen LogP contribution in [0.2, 0.25) is 5.02 Å². The number of likely N-dealkylation sites (tertiary alicyclic amines) is 1. The van der Waals surface area contributed by atoms with E-state index in [1.807, 2.05) is 81.9 Å². The first-order valence-electron chi connectivity index (χ1n) is 24.6. The van der Waals surface area contributed by atoms with Gasteiger partial charge in [0.1, 0.15) is 41.6 Å². The molecule has 6 heterocycles. The summed E-state index contributed by atoms with van der Waals surface area (Å²) in [6.07, 6.45) is 5.29. The molecule has 2 saturated heterocycles. The summed E-state index contributed by atoms with van der Waals surface area (Å²) in [5.41, 5.74) is 6.32. The molecule has 0 radical (unpaired) electrons. The molecule has 376 valence electrons. The van der Waals surface area contributed by atoms with E-state index in [1.54, 1.807) is 40.6 Å². The number of aliphatic hydroxyl groups excluding tert-OH is 1. The molecule has 5 aromatic rings. The van der Waals surface area contributed by atoms with Crippen LogP contribution in [0, 0.1) is 34.5 Å². The maximum atomic E-state index is 14.3. The maximum absolute atomic E-state index is 14.3. The number of piperazine rings is 1. The fourth-order valence-electron chi connectivity index (χ4n) is 11.4. The highest BCUT2D eigenvalue weighted by atomic mass is 35.5. The molecule has 0 bridgehead atoms. The molecular weight excluding hydrogens is 948 g/mol. The Bertz CT molecular complexity index is 2910. The van der Waals surface area contributed by atoms with Gasteiger partial charge in [-0.3, -0.25) is 14.4 Å². The summed E-state index contributed by atoms with van der Waals surface area (Å²) in [5, 5.41) is 30.2. The summed E-state index contributed by atoms with van der Waals surface area (Å²) in [7, 11) is 0. The second-order valence-corrected chi connectivity index (χ2v) is 22.7. The number of carbonyl (C=O) groups is 3. The van der Waals surface area contributed by atoms with Crippen molar-refractivity contribution in [1.82, 2.24) is 35.8 Å². The Labute approximate surface area is 430 Å². The average molecular weight is 1010 g/mol. The Kier molecular flexibility index (Phi) is 13.9. The van der Waals surface area contributed by atoms with Gasteiger partial charge in [0.15, 0.2) is 0 Å². The van der Waals surface area contributed by atoms with E-state index in [0.717, 1.165) is 70.8 Å². The number of hydrogen-bond acceptors (Lipinski definition) is 13. The van der Waals surface area contributed by atoms with Crippen LogP contribution in [0.3, 0.4) is 0 Å². The molecule has 4 aliphatic rings. The van der Waals surface area contributed by atoms with Crippen LogP contribution < -0.4 is 30.5 Å². The van der Waals surface area contributed by atoms with Gasteiger partial charge >= 0.3 is 0 Å². The zero-order chi connectivity index (χ0) is 51.3. The number of hydrogen-bond donors (Lipinski definition) is 4. The molecule has 2 aromatic carbocycles.